The van der Waals surface area contributed by atoms with Crippen LogP contribution in [0.3, 0.4) is 0 Å². The lowest BCUT2D eigenvalue weighted by Gasteiger charge is -2.10. The Balaban J connectivity index is 1.62. The molecule has 28 heavy (non-hydrogen) atoms. The summed E-state index contributed by atoms with van der Waals surface area (Å²) in [5, 5.41) is 8.28. The Kier molecular flexibility index (Phi) is 4.75. The number of H-pyrrole nitrogens is 1. The molecule has 0 aliphatic heterocycles. The molecule has 2 aromatic carbocycles. The van der Waals surface area contributed by atoms with Crippen LogP contribution in [-0.4, -0.2) is 26.7 Å². The van der Waals surface area contributed by atoms with Gasteiger partial charge in [0.05, 0.1) is 13.7 Å². The van der Waals surface area contributed by atoms with Crippen LogP contribution in [0.5, 0.6) is 5.75 Å². The molecule has 0 aliphatic carbocycles. The summed E-state index contributed by atoms with van der Waals surface area (Å²) in [6.07, 6.45) is 0. The summed E-state index contributed by atoms with van der Waals surface area (Å²) < 4.78 is 6.42. The zero-order valence-electron chi connectivity index (χ0n) is 15.4. The third-order valence-electron chi connectivity index (χ3n) is 4.47. The summed E-state index contributed by atoms with van der Waals surface area (Å²) in [4.78, 5) is 20.1. The summed E-state index contributed by atoms with van der Waals surface area (Å²) in [5.41, 5.74) is 3.11. The summed E-state index contributed by atoms with van der Waals surface area (Å²) in [6.45, 7) is 2.37. The molecule has 0 saturated heterocycles. The maximum Gasteiger partial charge on any atom is 0.275 e. The molecule has 2 N–H and O–H groups in total. The van der Waals surface area contributed by atoms with Crippen molar-refractivity contribution in [3.8, 4) is 17.1 Å². The van der Waals surface area contributed by atoms with Gasteiger partial charge in [-0.15, -0.1) is 5.10 Å². The van der Waals surface area contributed by atoms with Crippen LogP contribution in [-0.2, 0) is 6.54 Å². The van der Waals surface area contributed by atoms with Crippen molar-refractivity contribution in [3.63, 3.8) is 0 Å². The summed E-state index contributed by atoms with van der Waals surface area (Å²) in [5.74, 6) is 1.60. The Labute approximate surface area is 166 Å². The monoisotopic (exact) mass is 395 g/mol. The van der Waals surface area contributed by atoms with E-state index < -0.39 is 0 Å². The Morgan fingerprint density at radius 2 is 2.00 bits per heavy atom. The molecule has 0 fully saturated rings. The van der Waals surface area contributed by atoms with E-state index in [0.29, 0.717) is 28.9 Å². The molecular formula is C20H18ClN5O2. The van der Waals surface area contributed by atoms with Crippen LogP contribution in [0.4, 0.5) is 5.69 Å². The topological polar surface area (TPSA) is 84.3 Å². The standard InChI is InChI=1S/C20H18ClN5O2/c1-12-16(21)4-3-5-17(12)22-11-14-10-18(27)26-20(23-14)24-19(25-26)13-6-8-15(28-2)9-7-13/h3-10,22H,11H2,1-2H3,(H,23,24,25). The van der Waals surface area contributed by atoms with Gasteiger partial charge >= 0.3 is 0 Å². The second-order valence-electron chi connectivity index (χ2n) is 6.30. The number of anilines is 1. The Hall–Kier alpha value is -3.32. The first-order chi connectivity index (χ1) is 13.5. The van der Waals surface area contributed by atoms with Crippen LogP contribution >= 0.6 is 11.6 Å². The van der Waals surface area contributed by atoms with Crippen LogP contribution in [0.1, 0.15) is 11.3 Å². The summed E-state index contributed by atoms with van der Waals surface area (Å²) >= 11 is 6.15. The SMILES string of the molecule is COc1ccc(-c2nc3[nH]c(CNc4cccc(Cl)c4C)cc(=O)n3n2)cc1. The molecule has 0 saturated carbocycles. The minimum Gasteiger partial charge on any atom is -0.497 e. The molecule has 2 heterocycles. The quantitative estimate of drug-likeness (QED) is 0.538. The summed E-state index contributed by atoms with van der Waals surface area (Å²) in [7, 11) is 1.61. The predicted octanol–water partition coefficient (Wildman–Crippen LogP) is 3.67. The van der Waals surface area contributed by atoms with Crippen molar-refractivity contribution in [1.29, 1.82) is 0 Å². The molecule has 0 unspecified atom stereocenters. The summed E-state index contributed by atoms with van der Waals surface area (Å²) in [6, 6.07) is 14.5. The number of rotatable bonds is 5. The molecule has 7 nitrogen and oxygen atoms in total. The minimum atomic E-state index is -0.249. The zero-order valence-corrected chi connectivity index (χ0v) is 16.1. The van der Waals surface area contributed by atoms with Crippen molar-refractivity contribution in [1.82, 2.24) is 19.6 Å². The molecule has 142 valence electrons. The van der Waals surface area contributed by atoms with E-state index >= 15 is 0 Å². The number of hydrogen-bond acceptors (Lipinski definition) is 5. The smallest absolute Gasteiger partial charge is 0.275 e. The maximum atomic E-state index is 12.4. The van der Waals surface area contributed by atoms with Gasteiger partial charge in [-0.25, -0.2) is 0 Å². The van der Waals surface area contributed by atoms with Crippen molar-refractivity contribution in [2.75, 3.05) is 12.4 Å². The van der Waals surface area contributed by atoms with Crippen molar-refractivity contribution < 1.29 is 4.74 Å². The molecule has 4 aromatic rings. The highest BCUT2D eigenvalue weighted by Crippen LogP contribution is 2.23. The minimum absolute atomic E-state index is 0.249. The van der Waals surface area contributed by atoms with E-state index in [1.807, 2.05) is 49.4 Å². The highest BCUT2D eigenvalue weighted by molar-refractivity contribution is 6.31. The average Bonchev–Trinajstić information content (AvgIpc) is 3.14. The van der Waals surface area contributed by atoms with Crippen molar-refractivity contribution in [2.45, 2.75) is 13.5 Å². The lowest BCUT2D eigenvalue weighted by molar-refractivity contribution is 0.415. The molecule has 0 aliphatic rings. The number of fused-ring (bicyclic) bond motifs is 1. The van der Waals surface area contributed by atoms with Gasteiger partial charge in [-0.2, -0.15) is 9.50 Å². The van der Waals surface area contributed by atoms with E-state index in [1.165, 1.54) is 10.6 Å². The fraction of sp³-hybridized carbons (Fsp3) is 0.150. The number of halogens is 1. The molecule has 2 aromatic heterocycles. The molecule has 0 spiro atoms. The van der Waals surface area contributed by atoms with E-state index in [2.05, 4.69) is 20.4 Å². The average molecular weight is 396 g/mol. The van der Waals surface area contributed by atoms with Crippen LogP contribution in [0.2, 0.25) is 5.02 Å². The maximum absolute atomic E-state index is 12.4. The number of aromatic nitrogens is 4. The van der Waals surface area contributed by atoms with E-state index in [4.69, 9.17) is 16.3 Å². The van der Waals surface area contributed by atoms with Crippen molar-refractivity contribution in [2.24, 2.45) is 0 Å². The lowest BCUT2D eigenvalue weighted by atomic mass is 10.2. The number of nitrogens with one attached hydrogen (secondary N) is 2. The van der Waals surface area contributed by atoms with Crippen molar-refractivity contribution >= 4 is 23.1 Å². The number of benzene rings is 2. The van der Waals surface area contributed by atoms with Crippen LogP contribution < -0.4 is 15.6 Å². The normalized spacial score (nSPS) is 11.0. The van der Waals surface area contributed by atoms with Gasteiger partial charge in [-0.3, -0.25) is 4.79 Å². The molecule has 8 heteroatoms. The lowest BCUT2D eigenvalue weighted by Crippen LogP contribution is -2.17. The van der Waals surface area contributed by atoms with Crippen molar-refractivity contribution in [3.05, 3.63) is 75.2 Å². The van der Waals surface area contributed by atoms with Gasteiger partial charge in [0.25, 0.3) is 5.56 Å². The highest BCUT2D eigenvalue weighted by atomic mass is 35.5. The number of aromatic amines is 1. The van der Waals surface area contributed by atoms with Gasteiger partial charge in [0, 0.05) is 28.0 Å². The number of methoxy groups -OCH3 is 1. The van der Waals surface area contributed by atoms with E-state index in [1.54, 1.807) is 7.11 Å². The second kappa shape index (κ2) is 7.36. The molecular weight excluding hydrogens is 378 g/mol. The first kappa shape index (κ1) is 18.1. The van der Waals surface area contributed by atoms with Crippen LogP contribution in [0.25, 0.3) is 17.2 Å². The van der Waals surface area contributed by atoms with Gasteiger partial charge in [-0.05, 0) is 48.9 Å². The molecule has 0 atom stereocenters. The third kappa shape index (κ3) is 3.44. The predicted molar refractivity (Wildman–Crippen MR) is 109 cm³/mol. The van der Waals surface area contributed by atoms with Gasteiger partial charge in [-0.1, -0.05) is 17.7 Å². The number of ether oxygens (including phenoxy) is 1. The molecule has 0 radical (unpaired) electrons. The zero-order chi connectivity index (χ0) is 19.7. The first-order valence-corrected chi connectivity index (χ1v) is 9.05. The second-order valence-corrected chi connectivity index (χ2v) is 6.71. The van der Waals surface area contributed by atoms with Gasteiger partial charge < -0.3 is 15.0 Å². The van der Waals surface area contributed by atoms with E-state index in [0.717, 1.165) is 22.6 Å². The molecule has 0 bridgehead atoms. The highest BCUT2D eigenvalue weighted by Gasteiger charge is 2.11. The van der Waals surface area contributed by atoms with Gasteiger partial charge in [0.1, 0.15) is 5.75 Å². The van der Waals surface area contributed by atoms with Gasteiger partial charge in [0.2, 0.25) is 5.78 Å². The molecule has 4 rings (SSSR count). The number of hydrogen-bond donors (Lipinski definition) is 2. The fourth-order valence-corrected chi connectivity index (χ4v) is 3.06. The fourth-order valence-electron chi connectivity index (χ4n) is 2.88. The Bertz CT molecular complexity index is 1200. The van der Waals surface area contributed by atoms with Crippen LogP contribution in [0.15, 0.2) is 53.3 Å². The van der Waals surface area contributed by atoms with E-state index in [-0.39, 0.29) is 5.56 Å². The number of nitrogens with zero attached hydrogens (tertiary/aromatic N) is 3. The van der Waals surface area contributed by atoms with E-state index in [9.17, 15) is 4.79 Å². The molecule has 0 amide bonds. The first-order valence-electron chi connectivity index (χ1n) is 8.67. The Morgan fingerprint density at radius 1 is 1.21 bits per heavy atom. The Morgan fingerprint density at radius 3 is 2.75 bits per heavy atom. The van der Waals surface area contributed by atoms with Crippen LogP contribution in [0, 0.1) is 6.92 Å². The van der Waals surface area contributed by atoms with Gasteiger partial charge in [0.15, 0.2) is 5.82 Å². The third-order valence-corrected chi connectivity index (χ3v) is 4.88. The largest absolute Gasteiger partial charge is 0.497 e.